The van der Waals surface area contributed by atoms with Gasteiger partial charge >= 0.3 is 0 Å². The van der Waals surface area contributed by atoms with Gasteiger partial charge in [0.15, 0.2) is 0 Å². The first-order chi connectivity index (χ1) is 7.76. The number of hydrogen-bond donors (Lipinski definition) is 3. The topological polar surface area (TPSA) is 71.7 Å². The minimum absolute atomic E-state index is 0.526. The fourth-order valence-corrected chi connectivity index (χ4v) is 1.40. The molecule has 1 aromatic carbocycles. The zero-order valence-corrected chi connectivity index (χ0v) is 11.2. The lowest BCUT2D eigenvalue weighted by atomic mass is 10.3. The number of guanidine groups is 1. The lowest BCUT2D eigenvalue weighted by Gasteiger charge is -2.08. The maximum Gasteiger partial charge on any atom is 0.210 e. The van der Waals surface area contributed by atoms with E-state index >= 15 is 0 Å². The van der Waals surface area contributed by atoms with Crippen LogP contribution in [0.25, 0.3) is 0 Å². The molecule has 5 nitrogen and oxygen atoms in total. The largest absolute Gasteiger partial charge is 0.383 e. The standard InChI is InChI=1S/C10H15IN4O/c1-16-7-6-13-10(15-12)14-9-4-2-8(11)3-5-9/h2-5H,6-7,12H2,1H3,(H2,13,14,15). The molecule has 0 atom stereocenters. The first-order valence-electron chi connectivity index (χ1n) is 4.79. The highest BCUT2D eigenvalue weighted by Gasteiger charge is 1.97. The second-order valence-electron chi connectivity index (χ2n) is 3.00. The van der Waals surface area contributed by atoms with Crippen LogP contribution in [0.15, 0.2) is 29.3 Å². The van der Waals surface area contributed by atoms with Crippen LogP contribution in [0.2, 0.25) is 0 Å². The number of benzene rings is 1. The summed E-state index contributed by atoms with van der Waals surface area (Å²) in [5.41, 5.74) is 3.44. The number of anilines is 1. The Balaban J connectivity index is 2.55. The summed E-state index contributed by atoms with van der Waals surface area (Å²) in [5, 5.41) is 3.07. The van der Waals surface area contributed by atoms with Crippen LogP contribution in [-0.2, 0) is 4.74 Å². The Labute approximate surface area is 109 Å². The first kappa shape index (κ1) is 13.2. The summed E-state index contributed by atoms with van der Waals surface area (Å²) in [6, 6.07) is 7.94. The fourth-order valence-electron chi connectivity index (χ4n) is 1.04. The Morgan fingerprint density at radius 2 is 2.12 bits per heavy atom. The van der Waals surface area contributed by atoms with Gasteiger partial charge in [0.2, 0.25) is 5.96 Å². The van der Waals surface area contributed by atoms with Gasteiger partial charge in [0.05, 0.1) is 13.2 Å². The predicted octanol–water partition coefficient (Wildman–Crippen LogP) is 1.17. The van der Waals surface area contributed by atoms with Crippen molar-refractivity contribution >= 4 is 34.2 Å². The number of aliphatic imine (C=N–C) groups is 1. The average Bonchev–Trinajstić information content (AvgIpc) is 2.31. The molecule has 0 saturated heterocycles. The highest BCUT2D eigenvalue weighted by Crippen LogP contribution is 2.10. The van der Waals surface area contributed by atoms with Crippen LogP contribution in [0.1, 0.15) is 0 Å². The SMILES string of the molecule is COCCN=C(NN)Nc1ccc(I)cc1. The average molecular weight is 334 g/mol. The van der Waals surface area contributed by atoms with E-state index in [2.05, 4.69) is 38.3 Å². The molecule has 0 bridgehead atoms. The second kappa shape index (κ2) is 7.42. The summed E-state index contributed by atoms with van der Waals surface area (Å²) < 4.78 is 6.08. The Morgan fingerprint density at radius 1 is 1.44 bits per heavy atom. The Hall–Kier alpha value is -0.860. The van der Waals surface area contributed by atoms with E-state index < -0.39 is 0 Å². The Bertz CT molecular complexity index is 339. The molecule has 0 spiro atoms. The van der Waals surface area contributed by atoms with Crippen molar-refractivity contribution in [2.75, 3.05) is 25.6 Å². The molecule has 0 aliphatic heterocycles. The van der Waals surface area contributed by atoms with Crippen LogP contribution >= 0.6 is 22.6 Å². The van der Waals surface area contributed by atoms with E-state index in [1.807, 2.05) is 24.3 Å². The molecule has 0 amide bonds. The van der Waals surface area contributed by atoms with E-state index in [0.29, 0.717) is 19.1 Å². The zero-order valence-electron chi connectivity index (χ0n) is 9.03. The summed E-state index contributed by atoms with van der Waals surface area (Å²) in [6.45, 7) is 1.13. The summed E-state index contributed by atoms with van der Waals surface area (Å²) in [5.74, 6) is 5.87. The van der Waals surface area contributed by atoms with E-state index in [-0.39, 0.29) is 0 Å². The van der Waals surface area contributed by atoms with Crippen molar-refractivity contribution in [2.24, 2.45) is 10.8 Å². The predicted molar refractivity (Wildman–Crippen MR) is 74.3 cm³/mol. The highest BCUT2D eigenvalue weighted by atomic mass is 127. The van der Waals surface area contributed by atoms with Crippen molar-refractivity contribution in [1.82, 2.24) is 5.43 Å². The molecule has 0 fully saturated rings. The van der Waals surface area contributed by atoms with Gasteiger partial charge in [-0.15, -0.1) is 0 Å². The van der Waals surface area contributed by atoms with Gasteiger partial charge < -0.3 is 10.1 Å². The number of hydrogen-bond acceptors (Lipinski definition) is 3. The van der Waals surface area contributed by atoms with Gasteiger partial charge in [-0.2, -0.15) is 0 Å². The molecule has 0 aliphatic carbocycles. The third-order valence-electron chi connectivity index (χ3n) is 1.81. The molecule has 0 saturated carbocycles. The molecule has 0 radical (unpaired) electrons. The lowest BCUT2D eigenvalue weighted by molar-refractivity contribution is 0.208. The van der Waals surface area contributed by atoms with Crippen molar-refractivity contribution in [3.05, 3.63) is 27.8 Å². The third kappa shape index (κ3) is 4.77. The maximum absolute atomic E-state index is 5.35. The number of methoxy groups -OCH3 is 1. The molecule has 0 aliphatic rings. The second-order valence-corrected chi connectivity index (χ2v) is 4.24. The summed E-state index contributed by atoms with van der Waals surface area (Å²) in [6.07, 6.45) is 0. The third-order valence-corrected chi connectivity index (χ3v) is 2.53. The fraction of sp³-hybridized carbons (Fsp3) is 0.300. The van der Waals surface area contributed by atoms with Gasteiger partial charge in [-0.3, -0.25) is 5.43 Å². The van der Waals surface area contributed by atoms with E-state index in [1.165, 1.54) is 3.57 Å². The molecular formula is C10H15IN4O. The molecule has 0 aromatic heterocycles. The summed E-state index contributed by atoms with van der Waals surface area (Å²) in [7, 11) is 1.64. The number of ether oxygens (including phenoxy) is 1. The minimum atomic E-state index is 0.526. The van der Waals surface area contributed by atoms with Crippen molar-refractivity contribution in [1.29, 1.82) is 0 Å². The van der Waals surface area contributed by atoms with Gasteiger partial charge in [-0.1, -0.05) is 0 Å². The quantitative estimate of drug-likeness (QED) is 0.193. The van der Waals surface area contributed by atoms with Crippen molar-refractivity contribution < 1.29 is 4.74 Å². The monoisotopic (exact) mass is 334 g/mol. The number of hydrazine groups is 1. The van der Waals surface area contributed by atoms with Crippen LogP contribution in [-0.4, -0.2) is 26.2 Å². The number of nitrogens with two attached hydrogens (primary N) is 1. The number of rotatable bonds is 4. The molecular weight excluding hydrogens is 319 g/mol. The molecule has 0 unspecified atom stereocenters. The van der Waals surface area contributed by atoms with Gasteiger partial charge in [-0.25, -0.2) is 10.8 Å². The Morgan fingerprint density at radius 3 is 2.69 bits per heavy atom. The minimum Gasteiger partial charge on any atom is -0.383 e. The van der Waals surface area contributed by atoms with Gasteiger partial charge in [0, 0.05) is 16.4 Å². The maximum atomic E-state index is 5.35. The lowest BCUT2D eigenvalue weighted by Crippen LogP contribution is -2.36. The van der Waals surface area contributed by atoms with E-state index in [9.17, 15) is 0 Å². The number of halogens is 1. The van der Waals surface area contributed by atoms with Crippen molar-refractivity contribution in [3.63, 3.8) is 0 Å². The van der Waals surface area contributed by atoms with Crippen LogP contribution in [0.5, 0.6) is 0 Å². The van der Waals surface area contributed by atoms with Gasteiger partial charge in [0.1, 0.15) is 0 Å². The molecule has 1 rings (SSSR count). The Kier molecular flexibility index (Phi) is 6.12. The van der Waals surface area contributed by atoms with Gasteiger partial charge in [0.25, 0.3) is 0 Å². The zero-order chi connectivity index (χ0) is 11.8. The van der Waals surface area contributed by atoms with Gasteiger partial charge in [-0.05, 0) is 46.9 Å². The molecule has 16 heavy (non-hydrogen) atoms. The smallest absolute Gasteiger partial charge is 0.210 e. The molecule has 88 valence electrons. The summed E-state index contributed by atoms with van der Waals surface area (Å²) in [4.78, 5) is 4.19. The molecule has 4 N–H and O–H groups in total. The normalized spacial score (nSPS) is 11.3. The van der Waals surface area contributed by atoms with E-state index in [0.717, 1.165) is 5.69 Å². The van der Waals surface area contributed by atoms with Crippen LogP contribution < -0.4 is 16.6 Å². The molecule has 0 heterocycles. The number of nitrogens with one attached hydrogen (secondary N) is 2. The highest BCUT2D eigenvalue weighted by molar-refractivity contribution is 14.1. The molecule has 6 heteroatoms. The number of nitrogens with zero attached hydrogens (tertiary/aromatic N) is 1. The van der Waals surface area contributed by atoms with E-state index in [4.69, 9.17) is 10.6 Å². The van der Waals surface area contributed by atoms with E-state index in [1.54, 1.807) is 7.11 Å². The van der Waals surface area contributed by atoms with Crippen LogP contribution in [0.3, 0.4) is 0 Å². The van der Waals surface area contributed by atoms with Crippen LogP contribution in [0.4, 0.5) is 5.69 Å². The van der Waals surface area contributed by atoms with Crippen molar-refractivity contribution in [3.8, 4) is 0 Å². The van der Waals surface area contributed by atoms with Crippen LogP contribution in [0, 0.1) is 3.57 Å². The van der Waals surface area contributed by atoms with Crippen molar-refractivity contribution in [2.45, 2.75) is 0 Å². The first-order valence-corrected chi connectivity index (χ1v) is 5.86. The summed E-state index contributed by atoms with van der Waals surface area (Å²) >= 11 is 2.25. The molecule has 1 aromatic rings.